The van der Waals surface area contributed by atoms with E-state index in [4.69, 9.17) is 9.84 Å². The molecule has 1 fully saturated rings. The van der Waals surface area contributed by atoms with Crippen molar-refractivity contribution < 1.29 is 29.0 Å². The number of nitrogens with one attached hydrogen (secondary N) is 1. The quantitative estimate of drug-likeness (QED) is 0.664. The van der Waals surface area contributed by atoms with Crippen LogP contribution in [0, 0.1) is 0 Å². The molecule has 0 spiro atoms. The molecule has 2 amide bonds. The lowest BCUT2D eigenvalue weighted by atomic mass is 10.1. The predicted molar refractivity (Wildman–Crippen MR) is 107 cm³/mol. The van der Waals surface area contributed by atoms with Gasteiger partial charge in [0.1, 0.15) is 0 Å². The number of rotatable bonds is 7. The Morgan fingerprint density at radius 1 is 1.14 bits per heavy atom. The van der Waals surface area contributed by atoms with Crippen molar-refractivity contribution in [3.8, 4) is 0 Å². The summed E-state index contributed by atoms with van der Waals surface area (Å²) in [7, 11) is 0. The van der Waals surface area contributed by atoms with Gasteiger partial charge in [0, 0.05) is 5.69 Å². The maximum absolute atomic E-state index is 12.6. The van der Waals surface area contributed by atoms with Crippen molar-refractivity contribution in [2.24, 2.45) is 0 Å². The van der Waals surface area contributed by atoms with E-state index in [1.807, 2.05) is 0 Å². The van der Waals surface area contributed by atoms with E-state index in [1.165, 1.54) is 12.1 Å². The highest BCUT2D eigenvalue weighted by Crippen LogP contribution is 2.29. The number of benzene rings is 2. The number of carbonyl (C=O) groups excluding carboxylic acids is 3. The molecule has 0 radical (unpaired) electrons. The Labute approximate surface area is 170 Å². The summed E-state index contributed by atoms with van der Waals surface area (Å²) in [5.41, 5.74) is 1.60. The second-order valence-corrected chi connectivity index (χ2v) is 7.19. The topological polar surface area (TPSA) is 113 Å². The minimum Gasteiger partial charge on any atom is -0.478 e. The van der Waals surface area contributed by atoms with Crippen molar-refractivity contribution in [2.75, 3.05) is 11.9 Å². The molecule has 2 aromatic rings. The van der Waals surface area contributed by atoms with Crippen LogP contribution in [0.5, 0.6) is 0 Å². The van der Waals surface area contributed by atoms with Crippen molar-refractivity contribution in [2.45, 2.75) is 18.8 Å². The standard InChI is InChI=1S/C20H18N2O6S/c1-2-28-19(26)13-6-8-15(9-7-13)21-16-17(23)22(20(27)29-16)11-12-4-3-5-14(10-12)18(24)25/h3-10,16,21H,2,11H2,1H3,(H,24,25). The molecule has 2 aromatic carbocycles. The zero-order chi connectivity index (χ0) is 21.0. The zero-order valence-electron chi connectivity index (χ0n) is 15.5. The van der Waals surface area contributed by atoms with Gasteiger partial charge >= 0.3 is 11.9 Å². The van der Waals surface area contributed by atoms with Gasteiger partial charge in [-0.15, -0.1) is 0 Å². The number of amides is 2. The molecule has 0 aliphatic carbocycles. The molecule has 1 aliphatic rings. The van der Waals surface area contributed by atoms with E-state index in [2.05, 4.69) is 5.32 Å². The van der Waals surface area contributed by atoms with Crippen LogP contribution in [0.15, 0.2) is 48.5 Å². The molecule has 1 saturated heterocycles. The third-order valence-electron chi connectivity index (χ3n) is 4.14. The van der Waals surface area contributed by atoms with Gasteiger partial charge in [-0.3, -0.25) is 14.5 Å². The van der Waals surface area contributed by atoms with Crippen molar-refractivity contribution >= 4 is 40.5 Å². The fourth-order valence-corrected chi connectivity index (χ4v) is 3.64. The molecule has 1 atom stereocenters. The van der Waals surface area contributed by atoms with Crippen LogP contribution in [0.3, 0.4) is 0 Å². The lowest BCUT2D eigenvalue weighted by Crippen LogP contribution is -2.34. The molecule has 1 heterocycles. The number of thioether (sulfide) groups is 1. The number of ether oxygens (including phenoxy) is 1. The van der Waals surface area contributed by atoms with E-state index in [0.717, 1.165) is 16.7 Å². The average molecular weight is 414 g/mol. The number of hydrogen-bond acceptors (Lipinski definition) is 7. The Kier molecular flexibility index (Phi) is 6.18. The Bertz CT molecular complexity index is 960. The van der Waals surface area contributed by atoms with Gasteiger partial charge in [-0.1, -0.05) is 12.1 Å². The number of hydrogen-bond donors (Lipinski definition) is 2. The van der Waals surface area contributed by atoms with Crippen LogP contribution in [-0.2, 0) is 16.1 Å². The van der Waals surface area contributed by atoms with Gasteiger partial charge < -0.3 is 15.2 Å². The zero-order valence-corrected chi connectivity index (χ0v) is 16.3. The lowest BCUT2D eigenvalue weighted by molar-refractivity contribution is -0.126. The molecule has 0 aromatic heterocycles. The van der Waals surface area contributed by atoms with E-state index >= 15 is 0 Å². The van der Waals surface area contributed by atoms with E-state index in [-0.39, 0.29) is 18.7 Å². The highest BCUT2D eigenvalue weighted by atomic mass is 32.2. The molecule has 2 N–H and O–H groups in total. The molecule has 0 bridgehead atoms. The van der Waals surface area contributed by atoms with Gasteiger partial charge in [-0.2, -0.15) is 0 Å². The van der Waals surface area contributed by atoms with Crippen molar-refractivity contribution in [3.63, 3.8) is 0 Å². The smallest absolute Gasteiger partial charge is 0.338 e. The third kappa shape index (κ3) is 4.75. The molecule has 8 nitrogen and oxygen atoms in total. The summed E-state index contributed by atoms with van der Waals surface area (Å²) in [6.07, 6.45) is 0. The van der Waals surface area contributed by atoms with Crippen LogP contribution in [-0.4, -0.2) is 45.1 Å². The summed E-state index contributed by atoms with van der Waals surface area (Å²) in [4.78, 5) is 48.8. The summed E-state index contributed by atoms with van der Waals surface area (Å²) >= 11 is 0.843. The first-order valence-corrected chi connectivity index (χ1v) is 9.65. The number of esters is 1. The molecular weight excluding hydrogens is 396 g/mol. The van der Waals surface area contributed by atoms with Gasteiger partial charge in [-0.25, -0.2) is 9.59 Å². The van der Waals surface area contributed by atoms with Crippen LogP contribution in [0.2, 0.25) is 0 Å². The van der Waals surface area contributed by atoms with Crippen LogP contribution >= 0.6 is 11.8 Å². The largest absolute Gasteiger partial charge is 0.478 e. The maximum Gasteiger partial charge on any atom is 0.338 e. The predicted octanol–water partition coefficient (Wildman–Crippen LogP) is 3.20. The summed E-state index contributed by atoms with van der Waals surface area (Å²) in [5.74, 6) is -1.93. The Balaban J connectivity index is 1.66. The van der Waals surface area contributed by atoms with Gasteiger partial charge in [-0.05, 0) is 60.6 Å². The minimum atomic E-state index is -1.08. The number of anilines is 1. The van der Waals surface area contributed by atoms with Crippen LogP contribution in [0.1, 0.15) is 33.2 Å². The van der Waals surface area contributed by atoms with Crippen LogP contribution < -0.4 is 5.32 Å². The highest BCUT2D eigenvalue weighted by Gasteiger charge is 2.39. The average Bonchev–Trinajstić information content (AvgIpc) is 2.96. The fraction of sp³-hybridized carbons (Fsp3) is 0.200. The Morgan fingerprint density at radius 3 is 2.52 bits per heavy atom. The Morgan fingerprint density at radius 2 is 1.86 bits per heavy atom. The van der Waals surface area contributed by atoms with Gasteiger partial charge in [0.15, 0.2) is 5.37 Å². The number of carboxylic acids is 1. The molecule has 0 saturated carbocycles. The molecule has 29 heavy (non-hydrogen) atoms. The first-order valence-electron chi connectivity index (χ1n) is 8.77. The fourth-order valence-electron chi connectivity index (χ4n) is 2.73. The molecule has 3 rings (SSSR count). The molecule has 9 heteroatoms. The van der Waals surface area contributed by atoms with Crippen molar-refractivity contribution in [1.82, 2.24) is 4.90 Å². The number of aromatic carboxylic acids is 1. The summed E-state index contributed by atoms with van der Waals surface area (Å²) in [6, 6.07) is 12.5. The number of carboxylic acid groups (broad SMARTS) is 1. The minimum absolute atomic E-state index is 0.00817. The van der Waals surface area contributed by atoms with Gasteiger partial charge in [0.2, 0.25) is 0 Å². The normalized spacial score (nSPS) is 16.0. The first-order chi connectivity index (χ1) is 13.9. The van der Waals surface area contributed by atoms with Crippen LogP contribution in [0.4, 0.5) is 10.5 Å². The molecule has 1 unspecified atom stereocenters. The number of carbonyl (C=O) groups is 4. The highest BCUT2D eigenvalue weighted by molar-refractivity contribution is 8.15. The second kappa shape index (κ2) is 8.78. The summed E-state index contributed by atoms with van der Waals surface area (Å²) in [5, 5.41) is 10.8. The lowest BCUT2D eigenvalue weighted by Gasteiger charge is -2.15. The van der Waals surface area contributed by atoms with E-state index in [0.29, 0.717) is 16.8 Å². The van der Waals surface area contributed by atoms with E-state index in [1.54, 1.807) is 43.3 Å². The van der Waals surface area contributed by atoms with Gasteiger partial charge in [0.25, 0.3) is 11.1 Å². The first kappa shape index (κ1) is 20.4. The van der Waals surface area contributed by atoms with E-state index < -0.39 is 28.5 Å². The molecular formula is C20H18N2O6S. The number of nitrogens with zero attached hydrogens (tertiary/aromatic N) is 1. The van der Waals surface area contributed by atoms with Gasteiger partial charge in [0.05, 0.1) is 24.3 Å². The monoisotopic (exact) mass is 414 g/mol. The number of imide groups is 1. The van der Waals surface area contributed by atoms with E-state index in [9.17, 15) is 19.2 Å². The molecule has 1 aliphatic heterocycles. The van der Waals surface area contributed by atoms with Crippen molar-refractivity contribution in [1.29, 1.82) is 0 Å². The summed E-state index contributed by atoms with van der Waals surface area (Å²) < 4.78 is 4.92. The van der Waals surface area contributed by atoms with Crippen molar-refractivity contribution in [3.05, 3.63) is 65.2 Å². The SMILES string of the molecule is CCOC(=O)c1ccc(NC2SC(=O)N(Cc3cccc(C(=O)O)c3)C2=O)cc1. The summed E-state index contributed by atoms with van der Waals surface area (Å²) in [6.45, 7) is 1.99. The maximum atomic E-state index is 12.6. The third-order valence-corrected chi connectivity index (χ3v) is 5.12. The van der Waals surface area contributed by atoms with Crippen LogP contribution in [0.25, 0.3) is 0 Å². The molecule has 150 valence electrons. The Hall–Kier alpha value is -3.33. The second-order valence-electron chi connectivity index (χ2n) is 6.14.